The number of anilines is 1. The van der Waals surface area contributed by atoms with E-state index in [1.54, 1.807) is 12.1 Å². The van der Waals surface area contributed by atoms with Crippen LogP contribution in [0.3, 0.4) is 0 Å². The summed E-state index contributed by atoms with van der Waals surface area (Å²) in [5.74, 6) is 0.294. The van der Waals surface area contributed by atoms with Crippen LogP contribution in [0.2, 0.25) is 0 Å². The molecule has 0 radical (unpaired) electrons. The molecule has 17 heavy (non-hydrogen) atoms. The maximum absolute atomic E-state index is 9.40. The van der Waals surface area contributed by atoms with Crippen LogP contribution in [0.25, 0.3) is 0 Å². The van der Waals surface area contributed by atoms with Crippen molar-refractivity contribution in [2.24, 2.45) is 0 Å². The number of rotatable bonds is 4. The van der Waals surface area contributed by atoms with Gasteiger partial charge in [0.05, 0.1) is 6.04 Å². The van der Waals surface area contributed by atoms with Crippen LogP contribution in [0.1, 0.15) is 29.6 Å². The van der Waals surface area contributed by atoms with Crippen molar-refractivity contribution in [1.29, 1.82) is 0 Å². The van der Waals surface area contributed by atoms with Crippen molar-refractivity contribution in [1.82, 2.24) is 0 Å². The Hall–Kier alpha value is -1.48. The SMILES string of the molecule is CCc1ccc(C(C)Nc2cccc(O)c2)s1. The Bertz CT molecular complexity index is 492. The maximum atomic E-state index is 9.40. The van der Waals surface area contributed by atoms with Gasteiger partial charge in [0.1, 0.15) is 5.75 Å². The molecule has 1 aromatic heterocycles. The molecule has 2 N–H and O–H groups in total. The predicted octanol–water partition coefficient (Wildman–Crippen LogP) is 4.19. The topological polar surface area (TPSA) is 32.3 Å². The van der Waals surface area contributed by atoms with Crippen molar-refractivity contribution < 1.29 is 5.11 Å². The van der Waals surface area contributed by atoms with E-state index in [9.17, 15) is 5.11 Å². The van der Waals surface area contributed by atoms with Gasteiger partial charge in [0.25, 0.3) is 0 Å². The molecule has 1 unspecified atom stereocenters. The van der Waals surface area contributed by atoms with Crippen LogP contribution in [-0.2, 0) is 6.42 Å². The zero-order valence-electron chi connectivity index (χ0n) is 10.1. The highest BCUT2D eigenvalue weighted by Gasteiger charge is 2.08. The normalized spacial score (nSPS) is 12.4. The Labute approximate surface area is 106 Å². The number of phenolic OH excluding ortho intramolecular Hbond substituents is 1. The van der Waals surface area contributed by atoms with Crippen LogP contribution in [0.5, 0.6) is 5.75 Å². The Balaban J connectivity index is 2.08. The standard InChI is InChI=1S/C14H17NOS/c1-3-13-7-8-14(17-13)10(2)15-11-5-4-6-12(16)9-11/h4-10,15-16H,3H2,1-2H3. The van der Waals surface area contributed by atoms with E-state index in [0.717, 1.165) is 12.1 Å². The fourth-order valence-electron chi connectivity index (χ4n) is 1.73. The lowest BCUT2D eigenvalue weighted by atomic mass is 10.2. The van der Waals surface area contributed by atoms with Gasteiger partial charge in [-0.25, -0.2) is 0 Å². The fraction of sp³-hybridized carbons (Fsp3) is 0.286. The summed E-state index contributed by atoms with van der Waals surface area (Å²) < 4.78 is 0. The molecule has 2 rings (SSSR count). The largest absolute Gasteiger partial charge is 0.508 e. The number of hydrogen-bond acceptors (Lipinski definition) is 3. The summed E-state index contributed by atoms with van der Waals surface area (Å²) >= 11 is 1.84. The molecule has 3 heteroatoms. The fourth-order valence-corrected chi connectivity index (χ4v) is 2.69. The molecular weight excluding hydrogens is 230 g/mol. The second-order valence-corrected chi connectivity index (χ2v) is 5.27. The zero-order chi connectivity index (χ0) is 12.3. The first-order chi connectivity index (χ1) is 8.19. The Kier molecular flexibility index (Phi) is 3.69. The average molecular weight is 247 g/mol. The minimum absolute atomic E-state index is 0.266. The van der Waals surface area contributed by atoms with Gasteiger partial charge in [-0.2, -0.15) is 0 Å². The highest BCUT2D eigenvalue weighted by molar-refractivity contribution is 7.12. The maximum Gasteiger partial charge on any atom is 0.117 e. The van der Waals surface area contributed by atoms with Crippen LogP contribution in [0.15, 0.2) is 36.4 Å². The van der Waals surface area contributed by atoms with Crippen molar-refractivity contribution in [3.8, 4) is 5.75 Å². The summed E-state index contributed by atoms with van der Waals surface area (Å²) in [6.45, 7) is 4.30. The molecule has 2 nitrogen and oxygen atoms in total. The van der Waals surface area contributed by atoms with Gasteiger partial charge >= 0.3 is 0 Å². The van der Waals surface area contributed by atoms with Gasteiger partial charge in [0.15, 0.2) is 0 Å². The molecule has 0 bridgehead atoms. The van der Waals surface area contributed by atoms with Gasteiger partial charge in [-0.1, -0.05) is 13.0 Å². The minimum Gasteiger partial charge on any atom is -0.508 e. The van der Waals surface area contributed by atoms with E-state index in [1.165, 1.54) is 9.75 Å². The molecule has 0 aliphatic carbocycles. The molecule has 0 fully saturated rings. The van der Waals surface area contributed by atoms with Gasteiger partial charge in [-0.3, -0.25) is 0 Å². The number of phenols is 1. The Morgan fingerprint density at radius 3 is 2.76 bits per heavy atom. The molecule has 0 aliphatic heterocycles. The molecule has 2 aromatic rings. The summed E-state index contributed by atoms with van der Waals surface area (Å²) in [6, 6.07) is 11.8. The van der Waals surface area contributed by atoms with E-state index in [-0.39, 0.29) is 6.04 Å². The van der Waals surface area contributed by atoms with Gasteiger partial charge in [-0.05, 0) is 37.6 Å². The molecular formula is C14H17NOS. The lowest BCUT2D eigenvalue weighted by Crippen LogP contribution is -2.04. The van der Waals surface area contributed by atoms with Crippen LogP contribution < -0.4 is 5.32 Å². The van der Waals surface area contributed by atoms with Crippen molar-refractivity contribution in [3.05, 3.63) is 46.2 Å². The monoisotopic (exact) mass is 247 g/mol. The smallest absolute Gasteiger partial charge is 0.117 e. The summed E-state index contributed by atoms with van der Waals surface area (Å²) in [4.78, 5) is 2.73. The molecule has 90 valence electrons. The Morgan fingerprint density at radius 2 is 2.12 bits per heavy atom. The summed E-state index contributed by atoms with van der Waals surface area (Å²) in [7, 11) is 0. The second kappa shape index (κ2) is 5.23. The number of benzene rings is 1. The number of hydrogen-bond donors (Lipinski definition) is 2. The first-order valence-electron chi connectivity index (χ1n) is 5.83. The Morgan fingerprint density at radius 1 is 1.29 bits per heavy atom. The summed E-state index contributed by atoms with van der Waals surface area (Å²) in [5.41, 5.74) is 0.948. The molecule has 0 saturated carbocycles. The van der Waals surface area contributed by atoms with E-state index in [2.05, 4.69) is 31.3 Å². The van der Waals surface area contributed by atoms with Gasteiger partial charge in [0, 0.05) is 21.5 Å². The van der Waals surface area contributed by atoms with E-state index < -0.39 is 0 Å². The lowest BCUT2D eigenvalue weighted by Gasteiger charge is -2.13. The second-order valence-electron chi connectivity index (χ2n) is 4.07. The highest BCUT2D eigenvalue weighted by Crippen LogP contribution is 2.27. The van der Waals surface area contributed by atoms with Crippen molar-refractivity contribution in [2.45, 2.75) is 26.3 Å². The third-order valence-electron chi connectivity index (χ3n) is 2.69. The average Bonchev–Trinajstić information content (AvgIpc) is 2.77. The van der Waals surface area contributed by atoms with Crippen LogP contribution in [-0.4, -0.2) is 5.11 Å². The third kappa shape index (κ3) is 3.01. The molecule has 1 heterocycles. The zero-order valence-corrected chi connectivity index (χ0v) is 10.9. The summed E-state index contributed by atoms with van der Waals surface area (Å²) in [6.07, 6.45) is 1.09. The number of nitrogens with one attached hydrogen (secondary N) is 1. The van der Waals surface area contributed by atoms with E-state index >= 15 is 0 Å². The van der Waals surface area contributed by atoms with Crippen LogP contribution >= 0.6 is 11.3 Å². The van der Waals surface area contributed by atoms with Crippen molar-refractivity contribution in [2.75, 3.05) is 5.32 Å². The molecule has 0 aliphatic rings. The minimum atomic E-state index is 0.266. The van der Waals surface area contributed by atoms with Gasteiger partial charge in [0.2, 0.25) is 0 Å². The number of thiophene rings is 1. The summed E-state index contributed by atoms with van der Waals surface area (Å²) in [5, 5.41) is 12.8. The van der Waals surface area contributed by atoms with Gasteiger partial charge < -0.3 is 10.4 Å². The van der Waals surface area contributed by atoms with Gasteiger partial charge in [-0.15, -0.1) is 11.3 Å². The molecule has 0 saturated heterocycles. The quantitative estimate of drug-likeness (QED) is 0.849. The number of aryl methyl sites for hydroxylation is 1. The predicted molar refractivity (Wildman–Crippen MR) is 73.8 cm³/mol. The highest BCUT2D eigenvalue weighted by atomic mass is 32.1. The molecule has 1 aromatic carbocycles. The first kappa shape index (κ1) is 12.0. The lowest BCUT2D eigenvalue weighted by molar-refractivity contribution is 0.475. The van der Waals surface area contributed by atoms with Crippen LogP contribution in [0.4, 0.5) is 5.69 Å². The number of aromatic hydroxyl groups is 1. The van der Waals surface area contributed by atoms with Crippen molar-refractivity contribution in [3.63, 3.8) is 0 Å². The molecule has 0 amide bonds. The van der Waals surface area contributed by atoms with Crippen LogP contribution in [0, 0.1) is 0 Å². The van der Waals surface area contributed by atoms with Crippen molar-refractivity contribution >= 4 is 17.0 Å². The first-order valence-corrected chi connectivity index (χ1v) is 6.65. The third-order valence-corrected chi connectivity index (χ3v) is 4.10. The van der Waals surface area contributed by atoms with E-state index in [0.29, 0.717) is 5.75 Å². The van der Waals surface area contributed by atoms with E-state index in [1.807, 2.05) is 23.5 Å². The molecule has 0 spiro atoms. The molecule has 1 atom stereocenters. The van der Waals surface area contributed by atoms with E-state index in [4.69, 9.17) is 0 Å².